The number of carbonyl (C=O) groups is 1. The van der Waals surface area contributed by atoms with Crippen molar-refractivity contribution in [3.8, 4) is 0 Å². The first-order valence-corrected chi connectivity index (χ1v) is 3.65. The van der Waals surface area contributed by atoms with E-state index < -0.39 is 0 Å². The number of carbonyl (C=O) groups excluding carboxylic acids is 1. The third kappa shape index (κ3) is 3.73. The fourth-order valence-corrected chi connectivity index (χ4v) is 0.646. The smallest absolute Gasteiger partial charge is 0.260 e. The van der Waals surface area contributed by atoms with E-state index in [1.54, 1.807) is 12.2 Å². The van der Waals surface area contributed by atoms with Gasteiger partial charge >= 0.3 is 0 Å². The van der Waals surface area contributed by atoms with E-state index in [-0.39, 0.29) is 5.91 Å². The maximum atomic E-state index is 11.1. The molecule has 0 unspecified atom stereocenters. The van der Waals surface area contributed by atoms with Crippen LogP contribution in [-0.2, 0) is 4.79 Å². The van der Waals surface area contributed by atoms with Crippen molar-refractivity contribution in [3.63, 3.8) is 0 Å². The predicted octanol–water partition coefficient (Wildman–Crippen LogP) is 0.878. The van der Waals surface area contributed by atoms with E-state index >= 15 is 0 Å². The molecule has 0 heterocycles. The van der Waals surface area contributed by atoms with Gasteiger partial charge < -0.3 is 0 Å². The van der Waals surface area contributed by atoms with Crippen molar-refractivity contribution in [3.05, 3.63) is 38.0 Å². The maximum Gasteiger partial charge on any atom is 0.260 e. The Balaban J connectivity index is 4.00. The molecule has 3 heteroatoms. The number of amides is 1. The van der Waals surface area contributed by atoms with E-state index in [1.165, 1.54) is 11.1 Å². The molecule has 0 aromatic rings. The van der Waals surface area contributed by atoms with Crippen molar-refractivity contribution in [2.75, 3.05) is 13.1 Å². The van der Waals surface area contributed by atoms with E-state index in [4.69, 9.17) is 0 Å². The van der Waals surface area contributed by atoms with Crippen LogP contribution in [0.4, 0.5) is 0 Å². The summed E-state index contributed by atoms with van der Waals surface area (Å²) in [5.74, 6) is -0.170. The van der Waals surface area contributed by atoms with Crippen LogP contribution in [0.25, 0.3) is 0 Å². The lowest BCUT2D eigenvalue weighted by molar-refractivity contribution is -0.128. The lowest BCUT2D eigenvalue weighted by Crippen LogP contribution is -2.41. The van der Waals surface area contributed by atoms with Crippen molar-refractivity contribution in [1.82, 2.24) is 10.4 Å². The van der Waals surface area contributed by atoms with Gasteiger partial charge in [-0.1, -0.05) is 18.7 Å². The molecule has 0 rings (SSSR count). The van der Waals surface area contributed by atoms with Crippen LogP contribution < -0.4 is 5.43 Å². The zero-order valence-corrected chi connectivity index (χ0v) is 7.12. The van der Waals surface area contributed by atoms with Gasteiger partial charge in [0, 0.05) is 6.54 Å². The Morgan fingerprint density at radius 3 is 2.42 bits per heavy atom. The van der Waals surface area contributed by atoms with Crippen molar-refractivity contribution in [2.24, 2.45) is 0 Å². The highest BCUT2D eigenvalue weighted by molar-refractivity contribution is 5.86. The number of nitrogens with one attached hydrogen (secondary N) is 1. The molecule has 3 nitrogen and oxygen atoms in total. The molecule has 0 atom stereocenters. The molecular formula is C9H14N2O. The summed E-state index contributed by atoms with van der Waals surface area (Å²) in [4.78, 5) is 11.1. The quantitative estimate of drug-likeness (QED) is 0.361. The topological polar surface area (TPSA) is 32.3 Å². The summed E-state index contributed by atoms with van der Waals surface area (Å²) in [5, 5.41) is 1.42. The molecule has 0 aliphatic heterocycles. The summed E-state index contributed by atoms with van der Waals surface area (Å²) < 4.78 is 0. The van der Waals surface area contributed by atoms with E-state index in [2.05, 4.69) is 25.2 Å². The van der Waals surface area contributed by atoms with Gasteiger partial charge in [0.25, 0.3) is 5.91 Å². The van der Waals surface area contributed by atoms with Gasteiger partial charge in [-0.25, -0.2) is 5.43 Å². The first kappa shape index (κ1) is 10.7. The minimum Gasteiger partial charge on any atom is -0.270 e. The van der Waals surface area contributed by atoms with E-state index in [0.29, 0.717) is 13.1 Å². The van der Waals surface area contributed by atoms with Crippen molar-refractivity contribution in [1.29, 1.82) is 0 Å². The highest BCUT2D eigenvalue weighted by Crippen LogP contribution is 1.85. The molecule has 0 radical (unpaired) electrons. The van der Waals surface area contributed by atoms with Crippen LogP contribution >= 0.6 is 0 Å². The SMILES string of the molecule is C=CCNN(CC=C)C(=O)C=C. The van der Waals surface area contributed by atoms with Crippen LogP contribution in [0.1, 0.15) is 0 Å². The second-order valence-corrected chi connectivity index (χ2v) is 2.09. The van der Waals surface area contributed by atoms with Gasteiger partial charge in [0.15, 0.2) is 0 Å². The second-order valence-electron chi connectivity index (χ2n) is 2.09. The van der Waals surface area contributed by atoms with Crippen LogP contribution in [-0.4, -0.2) is 24.0 Å². The normalized spacial score (nSPS) is 8.67. The molecule has 1 amide bonds. The number of rotatable bonds is 6. The van der Waals surface area contributed by atoms with Gasteiger partial charge in [0.05, 0.1) is 6.54 Å². The zero-order chi connectivity index (χ0) is 9.40. The summed E-state index contributed by atoms with van der Waals surface area (Å²) >= 11 is 0. The highest BCUT2D eigenvalue weighted by Gasteiger charge is 2.04. The molecule has 12 heavy (non-hydrogen) atoms. The Bertz CT molecular complexity index is 187. The molecular weight excluding hydrogens is 152 g/mol. The van der Waals surface area contributed by atoms with Gasteiger partial charge in [-0.15, -0.1) is 13.2 Å². The highest BCUT2D eigenvalue weighted by atomic mass is 16.2. The average Bonchev–Trinajstić information content (AvgIpc) is 2.11. The van der Waals surface area contributed by atoms with Crippen LogP contribution in [0.2, 0.25) is 0 Å². The Morgan fingerprint density at radius 1 is 1.33 bits per heavy atom. The Labute approximate surface area is 73.0 Å². The lowest BCUT2D eigenvalue weighted by atomic mass is 10.5. The number of hydrogen-bond acceptors (Lipinski definition) is 2. The van der Waals surface area contributed by atoms with Crippen molar-refractivity contribution in [2.45, 2.75) is 0 Å². The third-order valence-electron chi connectivity index (χ3n) is 1.18. The standard InChI is InChI=1S/C9H14N2O/c1-4-7-10-11(8-5-2)9(12)6-3/h4-6,10H,1-3,7-8H2. The molecule has 0 saturated carbocycles. The van der Waals surface area contributed by atoms with Gasteiger partial charge in [-0.05, 0) is 6.08 Å². The van der Waals surface area contributed by atoms with E-state index in [9.17, 15) is 4.79 Å². The second kappa shape index (κ2) is 6.37. The lowest BCUT2D eigenvalue weighted by Gasteiger charge is -2.19. The molecule has 0 aliphatic rings. The first-order chi connectivity index (χ1) is 5.76. The summed E-state index contributed by atoms with van der Waals surface area (Å²) in [7, 11) is 0. The number of hydrogen-bond donors (Lipinski definition) is 1. The molecule has 0 aromatic carbocycles. The van der Waals surface area contributed by atoms with Gasteiger partial charge in [-0.3, -0.25) is 9.80 Å². The minimum absolute atomic E-state index is 0.170. The number of hydrazine groups is 1. The molecule has 66 valence electrons. The third-order valence-corrected chi connectivity index (χ3v) is 1.18. The monoisotopic (exact) mass is 166 g/mol. The molecule has 0 spiro atoms. The predicted molar refractivity (Wildman–Crippen MR) is 50.3 cm³/mol. The van der Waals surface area contributed by atoms with E-state index in [1.807, 2.05) is 0 Å². The maximum absolute atomic E-state index is 11.1. The summed E-state index contributed by atoms with van der Waals surface area (Å²) in [6.45, 7) is 11.4. The molecule has 0 saturated heterocycles. The van der Waals surface area contributed by atoms with Crippen molar-refractivity contribution < 1.29 is 4.79 Å². The Morgan fingerprint density at radius 2 is 2.00 bits per heavy atom. The molecule has 0 aromatic heterocycles. The number of nitrogens with zero attached hydrogens (tertiary/aromatic N) is 1. The first-order valence-electron chi connectivity index (χ1n) is 3.65. The largest absolute Gasteiger partial charge is 0.270 e. The molecule has 0 aliphatic carbocycles. The molecule has 0 bridgehead atoms. The fourth-order valence-electron chi connectivity index (χ4n) is 0.646. The zero-order valence-electron chi connectivity index (χ0n) is 7.12. The summed E-state index contributed by atoms with van der Waals surface area (Å²) in [6, 6.07) is 0. The van der Waals surface area contributed by atoms with Crippen LogP contribution in [0.3, 0.4) is 0 Å². The Hall–Kier alpha value is -1.35. The van der Waals surface area contributed by atoms with Gasteiger partial charge in [0.2, 0.25) is 0 Å². The summed E-state index contributed by atoms with van der Waals surface area (Å²) in [5.41, 5.74) is 2.84. The van der Waals surface area contributed by atoms with Crippen LogP contribution in [0.5, 0.6) is 0 Å². The molecule has 1 N–H and O–H groups in total. The molecule has 0 fully saturated rings. The van der Waals surface area contributed by atoms with Crippen LogP contribution in [0.15, 0.2) is 38.0 Å². The Kier molecular flexibility index (Phi) is 5.65. The van der Waals surface area contributed by atoms with Gasteiger partial charge in [-0.2, -0.15) is 0 Å². The van der Waals surface area contributed by atoms with Gasteiger partial charge in [0.1, 0.15) is 0 Å². The van der Waals surface area contributed by atoms with Crippen LogP contribution in [0, 0.1) is 0 Å². The minimum atomic E-state index is -0.170. The van der Waals surface area contributed by atoms with Crippen molar-refractivity contribution >= 4 is 5.91 Å². The van der Waals surface area contributed by atoms with E-state index in [0.717, 1.165) is 0 Å². The summed E-state index contributed by atoms with van der Waals surface area (Å²) in [6.07, 6.45) is 4.56. The average molecular weight is 166 g/mol. The fraction of sp³-hybridized carbons (Fsp3) is 0.222.